The molecule has 5 nitrogen and oxygen atoms in total. The number of anilines is 1. The van der Waals surface area contributed by atoms with E-state index in [1.165, 1.54) is 6.20 Å². The molecule has 0 aromatic carbocycles. The van der Waals surface area contributed by atoms with Crippen molar-refractivity contribution in [1.82, 2.24) is 14.8 Å². The highest BCUT2D eigenvalue weighted by Gasteiger charge is 2.09. The van der Waals surface area contributed by atoms with Gasteiger partial charge in [-0.05, 0) is 35.0 Å². The fourth-order valence-electron chi connectivity index (χ4n) is 1.34. The zero-order valence-electron chi connectivity index (χ0n) is 9.44. The summed E-state index contributed by atoms with van der Waals surface area (Å²) < 4.78 is 2.49. The third kappa shape index (κ3) is 2.71. The van der Waals surface area contributed by atoms with Crippen molar-refractivity contribution < 1.29 is 4.79 Å². The molecule has 2 aromatic heterocycles. The van der Waals surface area contributed by atoms with Crippen LogP contribution in [0.3, 0.4) is 0 Å². The molecule has 0 atom stereocenters. The number of amides is 1. The number of aromatic nitrogens is 3. The van der Waals surface area contributed by atoms with Crippen molar-refractivity contribution in [3.8, 4) is 0 Å². The average molecular weight is 295 g/mol. The Hall–Kier alpha value is -1.69. The van der Waals surface area contributed by atoms with Gasteiger partial charge in [-0.1, -0.05) is 0 Å². The number of halogens is 1. The minimum atomic E-state index is -0.215. The molecule has 0 aliphatic heterocycles. The van der Waals surface area contributed by atoms with E-state index in [-0.39, 0.29) is 5.91 Å². The molecule has 2 aromatic rings. The zero-order valence-corrected chi connectivity index (χ0v) is 11.0. The third-order valence-electron chi connectivity index (χ3n) is 2.23. The van der Waals surface area contributed by atoms with Gasteiger partial charge in [0.05, 0.1) is 17.5 Å². The van der Waals surface area contributed by atoms with Crippen LogP contribution in [0.5, 0.6) is 0 Å². The number of hydrogen-bond acceptors (Lipinski definition) is 3. The molecule has 0 radical (unpaired) electrons. The molecule has 0 saturated heterocycles. The molecule has 1 amide bonds. The number of aryl methyl sites for hydroxylation is 2. The van der Waals surface area contributed by atoms with Gasteiger partial charge in [-0.2, -0.15) is 5.10 Å². The fraction of sp³-hybridized carbons (Fsp3) is 0.182. The highest BCUT2D eigenvalue weighted by atomic mass is 79.9. The summed E-state index contributed by atoms with van der Waals surface area (Å²) in [5, 5.41) is 6.65. The van der Waals surface area contributed by atoms with Gasteiger partial charge in [-0.15, -0.1) is 0 Å². The van der Waals surface area contributed by atoms with Crippen LogP contribution < -0.4 is 5.32 Å². The molecule has 0 spiro atoms. The molecule has 0 unspecified atom stereocenters. The van der Waals surface area contributed by atoms with Crippen LogP contribution in [0.2, 0.25) is 0 Å². The van der Waals surface area contributed by atoms with Gasteiger partial charge in [-0.25, -0.2) is 4.98 Å². The number of hydrogen-bond donors (Lipinski definition) is 1. The normalized spacial score (nSPS) is 10.3. The van der Waals surface area contributed by atoms with E-state index in [0.29, 0.717) is 11.4 Å². The molecule has 88 valence electrons. The molecule has 1 N–H and O–H groups in total. The molecule has 6 heteroatoms. The summed E-state index contributed by atoms with van der Waals surface area (Å²) in [7, 11) is 1.76. The summed E-state index contributed by atoms with van der Waals surface area (Å²) >= 11 is 3.36. The number of nitrogens with zero attached hydrogens (tertiary/aromatic N) is 3. The van der Waals surface area contributed by atoms with Crippen molar-refractivity contribution in [3.05, 3.63) is 40.3 Å². The lowest BCUT2D eigenvalue weighted by molar-refractivity contribution is 0.102. The van der Waals surface area contributed by atoms with Crippen LogP contribution in [0.15, 0.2) is 29.0 Å². The third-order valence-corrected chi connectivity index (χ3v) is 3.07. The Balaban J connectivity index is 2.15. The van der Waals surface area contributed by atoms with Gasteiger partial charge >= 0.3 is 0 Å². The Morgan fingerprint density at radius 1 is 1.47 bits per heavy atom. The molecule has 0 aliphatic rings. The van der Waals surface area contributed by atoms with E-state index in [2.05, 4.69) is 31.3 Å². The van der Waals surface area contributed by atoms with Gasteiger partial charge in [0.2, 0.25) is 0 Å². The Morgan fingerprint density at radius 2 is 2.24 bits per heavy atom. The van der Waals surface area contributed by atoms with E-state index in [0.717, 1.165) is 10.2 Å². The number of pyridine rings is 1. The number of nitrogens with one attached hydrogen (secondary N) is 1. The Labute approximate surface area is 107 Å². The molecule has 0 fully saturated rings. The first kappa shape index (κ1) is 11.8. The van der Waals surface area contributed by atoms with Crippen LogP contribution >= 0.6 is 15.9 Å². The molecule has 2 heterocycles. The second-order valence-corrected chi connectivity index (χ2v) is 4.47. The first-order chi connectivity index (χ1) is 8.06. The van der Waals surface area contributed by atoms with E-state index in [1.807, 2.05) is 13.0 Å². The first-order valence-electron chi connectivity index (χ1n) is 4.99. The van der Waals surface area contributed by atoms with Gasteiger partial charge in [0, 0.05) is 17.7 Å². The number of rotatable bonds is 2. The predicted octanol–water partition coefficient (Wildman–Crippen LogP) is 2.14. The number of carbonyl (C=O) groups is 1. The van der Waals surface area contributed by atoms with Crippen LogP contribution in [0.1, 0.15) is 16.1 Å². The lowest BCUT2D eigenvalue weighted by Gasteiger charge is -2.04. The van der Waals surface area contributed by atoms with E-state index < -0.39 is 0 Å². The molecular weight excluding hydrogens is 284 g/mol. The fourth-order valence-corrected chi connectivity index (χ4v) is 1.56. The smallest absolute Gasteiger partial charge is 0.260 e. The summed E-state index contributed by atoms with van der Waals surface area (Å²) in [6.45, 7) is 1.86. The lowest BCUT2D eigenvalue weighted by Crippen LogP contribution is -2.12. The lowest BCUT2D eigenvalue weighted by atomic mass is 10.3. The second-order valence-electron chi connectivity index (χ2n) is 3.62. The topological polar surface area (TPSA) is 59.8 Å². The van der Waals surface area contributed by atoms with E-state index in [4.69, 9.17) is 0 Å². The Morgan fingerprint density at radius 3 is 2.82 bits per heavy atom. The molecule has 2 rings (SSSR count). The number of carbonyl (C=O) groups excluding carboxylic acids is 1. The van der Waals surface area contributed by atoms with Crippen molar-refractivity contribution in [1.29, 1.82) is 0 Å². The van der Waals surface area contributed by atoms with Crippen LogP contribution in [-0.4, -0.2) is 20.7 Å². The van der Waals surface area contributed by atoms with Crippen molar-refractivity contribution in [3.63, 3.8) is 0 Å². The predicted molar refractivity (Wildman–Crippen MR) is 67.8 cm³/mol. The minimum absolute atomic E-state index is 0.215. The van der Waals surface area contributed by atoms with Crippen molar-refractivity contribution in [2.24, 2.45) is 7.05 Å². The summed E-state index contributed by atoms with van der Waals surface area (Å²) in [5.74, 6) is 0.312. The highest BCUT2D eigenvalue weighted by molar-refractivity contribution is 9.10. The standard InChI is InChI=1S/C11H11BrN4O/c1-7-9(12)3-4-10(14-7)15-11(17)8-5-13-16(2)6-8/h3-6H,1-2H3,(H,14,15,17). The van der Waals surface area contributed by atoms with Crippen LogP contribution in [0, 0.1) is 6.92 Å². The van der Waals surface area contributed by atoms with Crippen LogP contribution in [0.25, 0.3) is 0 Å². The van der Waals surface area contributed by atoms with Crippen LogP contribution in [0.4, 0.5) is 5.82 Å². The first-order valence-corrected chi connectivity index (χ1v) is 5.78. The van der Waals surface area contributed by atoms with Gasteiger partial charge in [0.15, 0.2) is 0 Å². The quantitative estimate of drug-likeness (QED) is 0.923. The summed E-state index contributed by atoms with van der Waals surface area (Å²) in [5.41, 5.74) is 1.34. The molecule has 17 heavy (non-hydrogen) atoms. The van der Waals surface area contributed by atoms with Crippen molar-refractivity contribution >= 4 is 27.7 Å². The van der Waals surface area contributed by atoms with E-state index >= 15 is 0 Å². The largest absolute Gasteiger partial charge is 0.306 e. The van der Waals surface area contributed by atoms with Gasteiger partial charge in [0.25, 0.3) is 5.91 Å². The average Bonchev–Trinajstić information content (AvgIpc) is 2.70. The molecule has 0 bridgehead atoms. The van der Waals surface area contributed by atoms with Crippen LogP contribution in [-0.2, 0) is 7.05 Å². The van der Waals surface area contributed by atoms with Crippen molar-refractivity contribution in [2.45, 2.75) is 6.92 Å². The van der Waals surface area contributed by atoms with Gasteiger partial charge in [-0.3, -0.25) is 9.48 Å². The van der Waals surface area contributed by atoms with Gasteiger partial charge < -0.3 is 5.32 Å². The summed E-state index contributed by atoms with van der Waals surface area (Å²) in [6, 6.07) is 3.59. The summed E-state index contributed by atoms with van der Waals surface area (Å²) in [6.07, 6.45) is 3.17. The highest BCUT2D eigenvalue weighted by Crippen LogP contribution is 2.16. The second kappa shape index (κ2) is 4.67. The summed E-state index contributed by atoms with van der Waals surface area (Å²) in [4.78, 5) is 16.0. The Kier molecular flexibility index (Phi) is 3.23. The Bertz CT molecular complexity index is 564. The maximum Gasteiger partial charge on any atom is 0.260 e. The monoisotopic (exact) mass is 294 g/mol. The van der Waals surface area contributed by atoms with Crippen molar-refractivity contribution in [2.75, 3.05) is 5.32 Å². The maximum atomic E-state index is 11.8. The molecule has 0 saturated carbocycles. The van der Waals surface area contributed by atoms with Gasteiger partial charge in [0.1, 0.15) is 5.82 Å². The van der Waals surface area contributed by atoms with E-state index in [9.17, 15) is 4.79 Å². The molecular formula is C11H11BrN4O. The van der Waals surface area contributed by atoms with E-state index in [1.54, 1.807) is 24.0 Å². The minimum Gasteiger partial charge on any atom is -0.306 e. The molecule has 0 aliphatic carbocycles. The zero-order chi connectivity index (χ0) is 12.4. The maximum absolute atomic E-state index is 11.8. The SMILES string of the molecule is Cc1nc(NC(=O)c2cnn(C)c2)ccc1Br.